The van der Waals surface area contributed by atoms with E-state index in [1.807, 2.05) is 13.8 Å². The van der Waals surface area contributed by atoms with Crippen LogP contribution in [0.25, 0.3) is 0 Å². The zero-order chi connectivity index (χ0) is 16.6. The predicted octanol–water partition coefficient (Wildman–Crippen LogP) is 6.61. The van der Waals surface area contributed by atoms with Crippen molar-refractivity contribution in [2.24, 2.45) is 23.7 Å². The molecule has 0 saturated carbocycles. The highest BCUT2D eigenvalue weighted by Gasteiger charge is 1.95. The van der Waals surface area contributed by atoms with E-state index in [9.17, 15) is 4.79 Å². The number of hydrogen-bond donors (Lipinski definition) is 0. The van der Waals surface area contributed by atoms with Gasteiger partial charge in [0.05, 0.1) is 0 Å². The summed E-state index contributed by atoms with van der Waals surface area (Å²) in [6.45, 7) is 25.0. The fraction of sp³-hybridized carbons (Fsp3) is 0.944. The number of rotatable bonds is 2. The summed E-state index contributed by atoms with van der Waals surface area (Å²) in [5.74, 6) is 3.02. The third-order valence-electron chi connectivity index (χ3n) is 1.63. The lowest BCUT2D eigenvalue weighted by molar-refractivity contribution is -0.119. The molecule has 0 aliphatic rings. The quantitative estimate of drug-likeness (QED) is 0.554. The van der Waals surface area contributed by atoms with Gasteiger partial charge in [0.1, 0.15) is 5.78 Å². The molecule has 0 heterocycles. The van der Waals surface area contributed by atoms with Crippen LogP contribution in [0.2, 0.25) is 0 Å². The van der Waals surface area contributed by atoms with Crippen molar-refractivity contribution in [3.05, 3.63) is 0 Å². The molecule has 0 aliphatic heterocycles. The fourth-order valence-corrected chi connectivity index (χ4v) is 0. The molecule has 0 unspecified atom stereocenters. The van der Waals surface area contributed by atoms with Crippen LogP contribution < -0.4 is 0 Å². The molecule has 0 aromatic rings. The molecule has 0 radical (unpaired) electrons. The summed E-state index contributed by atoms with van der Waals surface area (Å²) < 4.78 is 0. The van der Waals surface area contributed by atoms with Crippen LogP contribution in [0.15, 0.2) is 0 Å². The Balaban J connectivity index is -0.0000000803. The number of Topliss-reactive ketones (excluding diaryl/α,β-unsaturated/α-hetero) is 1. The van der Waals surface area contributed by atoms with Crippen LogP contribution in [0.1, 0.15) is 89.5 Å². The summed E-state index contributed by atoms with van der Waals surface area (Å²) >= 11 is 0. The number of ketones is 1. The lowest BCUT2D eigenvalue weighted by Crippen LogP contribution is -1.98. The number of carbonyl (C=O) groups excluding carboxylic acids is 1. The number of carbonyl (C=O) groups is 1. The van der Waals surface area contributed by atoms with Gasteiger partial charge < -0.3 is 0 Å². The average Bonchev–Trinajstić information content (AvgIpc) is 2.16. The van der Waals surface area contributed by atoms with Crippen LogP contribution in [-0.4, -0.2) is 5.78 Å². The first-order valence-corrected chi connectivity index (χ1v) is 7.88. The molecule has 0 atom stereocenters. The monoisotopic (exact) mass is 274 g/mol. The zero-order valence-corrected chi connectivity index (χ0v) is 15.9. The third-order valence-corrected chi connectivity index (χ3v) is 1.63. The van der Waals surface area contributed by atoms with Gasteiger partial charge in [-0.25, -0.2) is 0 Å². The van der Waals surface area contributed by atoms with Gasteiger partial charge in [0.25, 0.3) is 0 Å². The Labute approximate surface area is 124 Å². The van der Waals surface area contributed by atoms with Crippen LogP contribution in [0.3, 0.4) is 0 Å². The molecule has 0 spiro atoms. The van der Waals surface area contributed by atoms with Crippen LogP contribution in [0.5, 0.6) is 0 Å². The van der Waals surface area contributed by atoms with Gasteiger partial charge in [0.15, 0.2) is 0 Å². The van der Waals surface area contributed by atoms with Crippen molar-refractivity contribution >= 4 is 5.78 Å². The summed E-state index contributed by atoms with van der Waals surface area (Å²) in [5.41, 5.74) is 0. The van der Waals surface area contributed by atoms with Crippen molar-refractivity contribution in [3.63, 3.8) is 0 Å². The molecule has 0 N–H and O–H groups in total. The fourth-order valence-electron chi connectivity index (χ4n) is 0. The Morgan fingerprint density at radius 2 is 0.842 bits per heavy atom. The molecule has 1 heteroatoms. The van der Waals surface area contributed by atoms with Gasteiger partial charge in [-0.1, -0.05) is 82.6 Å². The molecule has 19 heavy (non-hydrogen) atoms. The first kappa shape index (κ1) is 27.1. The Morgan fingerprint density at radius 3 is 0.842 bits per heavy atom. The van der Waals surface area contributed by atoms with E-state index in [0.29, 0.717) is 0 Å². The zero-order valence-electron chi connectivity index (χ0n) is 15.9. The number of hydrogen-bond acceptors (Lipinski definition) is 1. The second kappa shape index (κ2) is 20.0. The van der Waals surface area contributed by atoms with Crippen molar-refractivity contribution in [3.8, 4) is 0 Å². The Bertz CT molecular complexity index is 144. The van der Waals surface area contributed by atoms with Crippen molar-refractivity contribution in [2.75, 3.05) is 0 Å². The molecule has 0 aromatic carbocycles. The largest absolute Gasteiger partial charge is 0.300 e. The molecule has 0 bridgehead atoms. The van der Waals surface area contributed by atoms with E-state index < -0.39 is 0 Å². The highest BCUT2D eigenvalue weighted by Crippen LogP contribution is 1.93. The minimum atomic E-state index is 0.213. The van der Waals surface area contributed by atoms with E-state index in [4.69, 9.17) is 0 Å². The maximum atomic E-state index is 10.1. The predicted molar refractivity (Wildman–Crippen MR) is 91.7 cm³/mol. The highest BCUT2D eigenvalue weighted by molar-refractivity contribution is 5.77. The summed E-state index contributed by atoms with van der Waals surface area (Å²) in [5, 5.41) is 0. The van der Waals surface area contributed by atoms with Crippen LogP contribution in [0, 0.1) is 23.7 Å². The molecule has 120 valence electrons. The van der Waals surface area contributed by atoms with Gasteiger partial charge in [-0.3, -0.25) is 4.79 Å². The maximum absolute atomic E-state index is 10.1. The summed E-state index contributed by atoms with van der Waals surface area (Å²) in [6.07, 6.45) is 1.31. The third kappa shape index (κ3) is 135. The minimum absolute atomic E-state index is 0.213. The average molecular weight is 275 g/mol. The molecule has 1 nitrogen and oxygen atoms in total. The molecule has 0 fully saturated rings. The summed E-state index contributed by atoms with van der Waals surface area (Å²) in [7, 11) is 0. The van der Waals surface area contributed by atoms with E-state index in [-0.39, 0.29) is 11.7 Å². The van der Waals surface area contributed by atoms with Crippen molar-refractivity contribution in [1.29, 1.82) is 0 Å². The first-order chi connectivity index (χ1) is 8.38. The second-order valence-corrected chi connectivity index (χ2v) is 7.03. The summed E-state index contributed by atoms with van der Waals surface area (Å²) in [6, 6.07) is 0. The second-order valence-electron chi connectivity index (χ2n) is 7.03. The lowest BCUT2D eigenvalue weighted by Gasteiger charge is -1.90. The SMILES string of the molecule is CC(=O)C(C)C.CC(C)C.CC(C)C.CCC(C)C. The Morgan fingerprint density at radius 1 is 0.737 bits per heavy atom. The molecular formula is C18H42O. The van der Waals surface area contributed by atoms with Crippen LogP contribution >= 0.6 is 0 Å². The molecule has 0 aliphatic carbocycles. The normalized spacial score (nSPS) is 9.26. The molecule has 0 rings (SSSR count). The van der Waals surface area contributed by atoms with Gasteiger partial charge in [0.2, 0.25) is 0 Å². The van der Waals surface area contributed by atoms with Gasteiger partial charge in [-0.2, -0.15) is 0 Å². The Hall–Kier alpha value is -0.330. The molecule has 0 aromatic heterocycles. The van der Waals surface area contributed by atoms with Gasteiger partial charge >= 0.3 is 0 Å². The van der Waals surface area contributed by atoms with Crippen molar-refractivity contribution in [2.45, 2.75) is 89.5 Å². The van der Waals surface area contributed by atoms with Crippen molar-refractivity contribution in [1.82, 2.24) is 0 Å². The van der Waals surface area contributed by atoms with Crippen LogP contribution in [-0.2, 0) is 4.79 Å². The van der Waals surface area contributed by atoms with E-state index >= 15 is 0 Å². The topological polar surface area (TPSA) is 17.1 Å². The van der Waals surface area contributed by atoms with E-state index in [0.717, 1.165) is 17.8 Å². The minimum Gasteiger partial charge on any atom is -0.300 e. The maximum Gasteiger partial charge on any atom is 0.132 e. The van der Waals surface area contributed by atoms with Gasteiger partial charge in [-0.15, -0.1) is 0 Å². The molecular weight excluding hydrogens is 232 g/mol. The highest BCUT2D eigenvalue weighted by atomic mass is 16.1. The van der Waals surface area contributed by atoms with Crippen molar-refractivity contribution < 1.29 is 4.79 Å². The van der Waals surface area contributed by atoms with E-state index in [1.54, 1.807) is 6.92 Å². The molecule has 0 saturated heterocycles. The first-order valence-electron chi connectivity index (χ1n) is 7.88. The van der Waals surface area contributed by atoms with E-state index in [1.165, 1.54) is 6.42 Å². The van der Waals surface area contributed by atoms with Gasteiger partial charge in [-0.05, 0) is 24.7 Å². The standard InChI is InChI=1S/C5H10O.C5H12.2C4H10/c1-4(2)5(3)6;1-4-5(2)3;2*1-4(2)3/h4H,1-3H3;5H,4H2,1-3H3;2*4H,1-3H3. The smallest absolute Gasteiger partial charge is 0.132 e. The van der Waals surface area contributed by atoms with E-state index in [2.05, 4.69) is 62.3 Å². The Kier molecular flexibility index (Phi) is 28.5. The van der Waals surface area contributed by atoms with Crippen LogP contribution in [0.4, 0.5) is 0 Å². The van der Waals surface area contributed by atoms with Gasteiger partial charge in [0, 0.05) is 5.92 Å². The lowest BCUT2D eigenvalue weighted by atomic mass is 10.1. The summed E-state index contributed by atoms with van der Waals surface area (Å²) in [4.78, 5) is 10.1. The molecule has 0 amide bonds.